The zero-order chi connectivity index (χ0) is 20.9. The van der Waals surface area contributed by atoms with Crippen molar-refractivity contribution in [3.8, 4) is 11.5 Å². The highest BCUT2D eigenvalue weighted by Gasteiger charge is 2.53. The monoisotopic (exact) mass is 399 g/mol. The molecule has 0 aliphatic heterocycles. The highest BCUT2D eigenvalue weighted by Crippen LogP contribution is 2.61. The van der Waals surface area contributed by atoms with Gasteiger partial charge in [-0.15, -0.1) is 0 Å². The Bertz CT molecular complexity index is 1090. The highest BCUT2D eigenvalue weighted by molar-refractivity contribution is 5.98. The quantitative estimate of drug-likeness (QED) is 0.645. The average molecular weight is 399 g/mol. The maximum atomic E-state index is 13.8. The Hall–Kier alpha value is -3.27. The molecule has 0 saturated heterocycles. The Morgan fingerprint density at radius 1 is 0.900 bits per heavy atom. The number of fused-ring (bicyclic) bond motifs is 1. The molecule has 0 radical (unpaired) electrons. The van der Waals surface area contributed by atoms with E-state index < -0.39 is 5.41 Å². The van der Waals surface area contributed by atoms with Crippen molar-refractivity contribution in [2.24, 2.45) is 5.41 Å². The largest absolute Gasteiger partial charge is 0.497 e. The Kier molecular flexibility index (Phi) is 4.31. The number of rotatable bonds is 4. The van der Waals surface area contributed by atoms with E-state index in [1.54, 1.807) is 14.2 Å². The van der Waals surface area contributed by atoms with Gasteiger partial charge in [-0.2, -0.15) is 0 Å². The molecule has 0 heterocycles. The van der Waals surface area contributed by atoms with Gasteiger partial charge in [0.15, 0.2) is 0 Å². The van der Waals surface area contributed by atoms with Crippen LogP contribution in [0.25, 0.3) is 0 Å². The molecule has 1 atom stereocenters. The van der Waals surface area contributed by atoms with Crippen LogP contribution < -0.4 is 14.8 Å². The summed E-state index contributed by atoms with van der Waals surface area (Å²) in [4.78, 5) is 13.8. The van der Waals surface area contributed by atoms with Gasteiger partial charge in [0.05, 0.1) is 25.3 Å². The van der Waals surface area contributed by atoms with Crippen LogP contribution in [0.15, 0.2) is 66.7 Å². The number of hydrogen-bond acceptors (Lipinski definition) is 3. The summed E-state index contributed by atoms with van der Waals surface area (Å²) in [5.74, 6) is 1.55. The Morgan fingerprint density at radius 2 is 1.50 bits per heavy atom. The van der Waals surface area contributed by atoms with Gasteiger partial charge in [0.2, 0.25) is 5.91 Å². The fourth-order valence-electron chi connectivity index (χ4n) is 5.37. The van der Waals surface area contributed by atoms with Crippen LogP contribution >= 0.6 is 0 Å². The molecule has 1 N–H and O–H groups in total. The molecule has 0 aromatic heterocycles. The van der Waals surface area contributed by atoms with Gasteiger partial charge in [0.1, 0.15) is 11.5 Å². The van der Waals surface area contributed by atoms with Crippen LogP contribution in [0.3, 0.4) is 0 Å². The minimum atomic E-state index is -0.568. The summed E-state index contributed by atoms with van der Waals surface area (Å²) in [6.07, 6.45) is 0.782. The molecular formula is C26H25NO3. The third-order valence-electron chi connectivity index (χ3n) is 6.80. The molecule has 1 amide bonds. The Morgan fingerprint density at radius 3 is 2.07 bits per heavy atom. The van der Waals surface area contributed by atoms with E-state index in [4.69, 9.17) is 9.47 Å². The van der Waals surface area contributed by atoms with Crippen molar-refractivity contribution in [2.75, 3.05) is 19.5 Å². The zero-order valence-corrected chi connectivity index (χ0v) is 17.4. The molecule has 0 unspecified atom stereocenters. The molecular weight excluding hydrogens is 374 g/mol. The standard InChI is InChI=1S/C26H25NO3/c1-26(25(28)27-22-14-16(29-2)12-13-23(22)30-3)15-21-17-8-4-6-10-19(17)24(26)20-11-7-5-9-18(20)21/h4-14,21,24H,15H2,1-3H3,(H,27,28)/t21?,24?,26-/m0/s1. The summed E-state index contributed by atoms with van der Waals surface area (Å²) in [5, 5.41) is 3.15. The van der Waals surface area contributed by atoms with Gasteiger partial charge in [-0.25, -0.2) is 0 Å². The number of anilines is 1. The fraction of sp³-hybridized carbons (Fsp3) is 0.269. The van der Waals surface area contributed by atoms with Crippen molar-refractivity contribution in [3.63, 3.8) is 0 Å². The molecule has 30 heavy (non-hydrogen) atoms. The molecule has 3 aromatic carbocycles. The van der Waals surface area contributed by atoms with Gasteiger partial charge in [-0.3, -0.25) is 4.79 Å². The Labute approximate surface area is 176 Å². The van der Waals surface area contributed by atoms with Crippen molar-refractivity contribution >= 4 is 11.6 Å². The van der Waals surface area contributed by atoms with Crippen molar-refractivity contribution < 1.29 is 14.3 Å². The SMILES string of the molecule is COc1ccc(OC)c(NC(=O)[C@@]2(C)CC3c4ccccc4C2c2ccccc23)c1. The summed E-state index contributed by atoms with van der Waals surface area (Å²) in [5.41, 5.74) is 5.30. The molecule has 2 bridgehead atoms. The minimum absolute atomic E-state index is 0.00746. The fourth-order valence-corrected chi connectivity index (χ4v) is 5.37. The average Bonchev–Trinajstić information content (AvgIpc) is 2.79. The van der Waals surface area contributed by atoms with Crippen molar-refractivity contribution in [3.05, 3.63) is 89.0 Å². The summed E-state index contributed by atoms with van der Waals surface area (Å²) < 4.78 is 10.8. The molecule has 4 heteroatoms. The predicted molar refractivity (Wildman–Crippen MR) is 117 cm³/mol. The van der Waals surface area contributed by atoms with Crippen LogP contribution in [-0.4, -0.2) is 20.1 Å². The van der Waals surface area contributed by atoms with E-state index in [9.17, 15) is 4.79 Å². The third kappa shape index (κ3) is 2.63. The van der Waals surface area contributed by atoms with E-state index >= 15 is 0 Å². The van der Waals surface area contributed by atoms with Gasteiger partial charge >= 0.3 is 0 Å². The topological polar surface area (TPSA) is 47.6 Å². The van der Waals surface area contributed by atoms with Crippen molar-refractivity contribution in [1.82, 2.24) is 0 Å². The first-order chi connectivity index (χ1) is 14.6. The highest BCUT2D eigenvalue weighted by atomic mass is 16.5. The first kappa shape index (κ1) is 18.7. The second-order valence-corrected chi connectivity index (χ2v) is 8.39. The van der Waals surface area contributed by atoms with Gasteiger partial charge in [-0.05, 0) is 47.7 Å². The number of methoxy groups -OCH3 is 2. The van der Waals surface area contributed by atoms with Gasteiger partial charge in [-0.1, -0.05) is 48.5 Å². The number of carbonyl (C=O) groups is 1. The summed E-state index contributed by atoms with van der Waals surface area (Å²) >= 11 is 0. The van der Waals surface area contributed by atoms with Crippen LogP contribution in [0.2, 0.25) is 0 Å². The minimum Gasteiger partial charge on any atom is -0.497 e. The number of hydrogen-bond donors (Lipinski definition) is 1. The van der Waals surface area contributed by atoms with E-state index in [1.165, 1.54) is 22.3 Å². The summed E-state index contributed by atoms with van der Waals surface area (Å²) in [7, 11) is 3.22. The first-order valence-corrected chi connectivity index (χ1v) is 10.3. The molecule has 4 nitrogen and oxygen atoms in total. The molecule has 152 valence electrons. The molecule has 3 aromatic rings. The third-order valence-corrected chi connectivity index (χ3v) is 6.80. The molecule has 6 rings (SSSR count). The lowest BCUT2D eigenvalue weighted by atomic mass is 9.52. The zero-order valence-electron chi connectivity index (χ0n) is 17.4. The molecule has 0 spiro atoms. The number of carbonyl (C=O) groups excluding carboxylic acids is 1. The second-order valence-electron chi connectivity index (χ2n) is 8.39. The summed E-state index contributed by atoms with van der Waals surface area (Å²) in [6, 6.07) is 22.6. The normalized spacial score (nSPS) is 23.3. The smallest absolute Gasteiger partial charge is 0.231 e. The molecule has 0 saturated carbocycles. The molecule has 0 fully saturated rings. The first-order valence-electron chi connectivity index (χ1n) is 10.3. The number of nitrogens with one attached hydrogen (secondary N) is 1. The van der Waals surface area contributed by atoms with Crippen molar-refractivity contribution in [2.45, 2.75) is 25.2 Å². The van der Waals surface area contributed by atoms with Gasteiger partial charge in [0.25, 0.3) is 0 Å². The van der Waals surface area contributed by atoms with Crippen LogP contribution in [0.5, 0.6) is 11.5 Å². The lowest BCUT2D eigenvalue weighted by Crippen LogP contribution is -2.47. The van der Waals surface area contributed by atoms with Crippen LogP contribution in [0.1, 0.15) is 47.4 Å². The molecule has 3 aliphatic carbocycles. The van der Waals surface area contributed by atoms with Gasteiger partial charge in [0, 0.05) is 17.9 Å². The lowest BCUT2D eigenvalue weighted by molar-refractivity contribution is -0.126. The predicted octanol–water partition coefficient (Wildman–Crippen LogP) is 5.33. The molecule has 3 aliphatic rings. The maximum Gasteiger partial charge on any atom is 0.231 e. The summed E-state index contributed by atoms with van der Waals surface area (Å²) in [6.45, 7) is 2.10. The second kappa shape index (κ2) is 6.91. The number of amides is 1. The Balaban J connectivity index is 1.58. The van der Waals surface area contributed by atoms with Gasteiger partial charge < -0.3 is 14.8 Å². The van der Waals surface area contributed by atoms with Crippen LogP contribution in [-0.2, 0) is 4.79 Å². The van der Waals surface area contributed by atoms with E-state index in [0.29, 0.717) is 17.2 Å². The van der Waals surface area contributed by atoms with E-state index in [1.807, 2.05) is 18.2 Å². The van der Waals surface area contributed by atoms with Crippen LogP contribution in [0, 0.1) is 5.41 Å². The van der Waals surface area contributed by atoms with E-state index in [-0.39, 0.29) is 17.7 Å². The van der Waals surface area contributed by atoms with E-state index in [0.717, 1.165) is 6.42 Å². The maximum absolute atomic E-state index is 13.8. The van der Waals surface area contributed by atoms with E-state index in [2.05, 4.69) is 60.8 Å². The van der Waals surface area contributed by atoms with Crippen LogP contribution in [0.4, 0.5) is 5.69 Å². The number of benzene rings is 3. The lowest BCUT2D eigenvalue weighted by Gasteiger charge is -2.50. The van der Waals surface area contributed by atoms with Crippen molar-refractivity contribution in [1.29, 1.82) is 0 Å². The number of ether oxygens (including phenoxy) is 2.